The number of likely N-dealkylation sites (N-methyl/N-ethyl adjacent to an activating group) is 1. The SMILES string of the molecule is CCCCCC/C=C/C[N+](C)(C)CC1CO1. The molecule has 1 rings (SSSR count). The van der Waals surface area contributed by atoms with E-state index in [4.69, 9.17) is 4.74 Å². The van der Waals surface area contributed by atoms with Gasteiger partial charge in [-0.3, -0.25) is 0 Å². The van der Waals surface area contributed by atoms with Crippen LogP contribution < -0.4 is 0 Å². The molecule has 1 aliphatic heterocycles. The summed E-state index contributed by atoms with van der Waals surface area (Å²) >= 11 is 0. The fourth-order valence-electron chi connectivity index (χ4n) is 1.97. The Hall–Kier alpha value is -0.340. The van der Waals surface area contributed by atoms with Gasteiger partial charge in [0.15, 0.2) is 0 Å². The minimum absolute atomic E-state index is 0.535. The number of hydrogen-bond acceptors (Lipinski definition) is 1. The molecule has 2 nitrogen and oxygen atoms in total. The summed E-state index contributed by atoms with van der Waals surface area (Å²) in [5.74, 6) is 0. The molecule has 1 atom stereocenters. The lowest BCUT2D eigenvalue weighted by Crippen LogP contribution is -2.42. The lowest BCUT2D eigenvalue weighted by atomic mass is 10.1. The van der Waals surface area contributed by atoms with Crippen LogP contribution >= 0.6 is 0 Å². The van der Waals surface area contributed by atoms with Gasteiger partial charge in [-0.05, 0) is 18.9 Å². The van der Waals surface area contributed by atoms with Crippen LogP contribution in [0.4, 0.5) is 0 Å². The van der Waals surface area contributed by atoms with Crippen LogP contribution in [-0.2, 0) is 4.74 Å². The number of rotatable bonds is 9. The van der Waals surface area contributed by atoms with Gasteiger partial charge in [0.25, 0.3) is 0 Å². The first-order valence-corrected chi connectivity index (χ1v) is 6.72. The quantitative estimate of drug-likeness (QED) is 0.255. The van der Waals surface area contributed by atoms with E-state index in [-0.39, 0.29) is 0 Å². The second-order valence-electron chi connectivity index (χ2n) is 5.58. The van der Waals surface area contributed by atoms with E-state index < -0.39 is 0 Å². The normalized spacial score (nSPS) is 20.6. The van der Waals surface area contributed by atoms with Crippen LogP contribution in [0.15, 0.2) is 12.2 Å². The zero-order valence-electron chi connectivity index (χ0n) is 11.2. The van der Waals surface area contributed by atoms with Crippen molar-refractivity contribution in [1.82, 2.24) is 0 Å². The Morgan fingerprint density at radius 3 is 2.56 bits per heavy atom. The smallest absolute Gasteiger partial charge is 0.130 e. The summed E-state index contributed by atoms with van der Waals surface area (Å²) in [6.07, 6.45) is 11.9. The van der Waals surface area contributed by atoms with Gasteiger partial charge in [-0.1, -0.05) is 32.3 Å². The highest BCUT2D eigenvalue weighted by Crippen LogP contribution is 2.13. The van der Waals surface area contributed by atoms with Crippen LogP contribution in [0.5, 0.6) is 0 Å². The van der Waals surface area contributed by atoms with Gasteiger partial charge in [0, 0.05) is 0 Å². The fourth-order valence-corrected chi connectivity index (χ4v) is 1.97. The molecule has 0 aliphatic carbocycles. The number of unbranched alkanes of at least 4 members (excludes halogenated alkanes) is 4. The first kappa shape index (κ1) is 13.7. The van der Waals surface area contributed by atoms with Crippen LogP contribution in [0.25, 0.3) is 0 Å². The molecule has 0 bridgehead atoms. The predicted molar refractivity (Wildman–Crippen MR) is 69.5 cm³/mol. The molecule has 0 aromatic heterocycles. The Bertz CT molecular complexity index is 207. The van der Waals surface area contributed by atoms with Crippen LogP contribution in [0.3, 0.4) is 0 Å². The van der Waals surface area contributed by atoms with Gasteiger partial charge in [0.05, 0.1) is 27.2 Å². The molecule has 0 amide bonds. The van der Waals surface area contributed by atoms with Crippen molar-refractivity contribution < 1.29 is 9.22 Å². The minimum Gasteiger partial charge on any atom is -0.367 e. The average Bonchev–Trinajstić information content (AvgIpc) is 2.99. The van der Waals surface area contributed by atoms with E-state index in [1.165, 1.54) is 32.1 Å². The highest BCUT2D eigenvalue weighted by Gasteiger charge is 2.30. The molecular formula is C14H28NO+. The van der Waals surface area contributed by atoms with Crippen molar-refractivity contribution in [2.24, 2.45) is 0 Å². The van der Waals surface area contributed by atoms with Gasteiger partial charge in [-0.15, -0.1) is 0 Å². The van der Waals surface area contributed by atoms with Gasteiger partial charge in [-0.25, -0.2) is 0 Å². The molecule has 0 N–H and O–H groups in total. The lowest BCUT2D eigenvalue weighted by Gasteiger charge is -2.27. The molecule has 1 heterocycles. The van der Waals surface area contributed by atoms with Crippen molar-refractivity contribution in [2.75, 3.05) is 33.8 Å². The Labute approximate surface area is 101 Å². The second kappa shape index (κ2) is 7.08. The van der Waals surface area contributed by atoms with Gasteiger partial charge in [0.1, 0.15) is 12.6 Å². The van der Waals surface area contributed by atoms with Crippen molar-refractivity contribution in [3.05, 3.63) is 12.2 Å². The third-order valence-electron chi connectivity index (χ3n) is 3.09. The summed E-state index contributed by atoms with van der Waals surface area (Å²) < 4.78 is 6.33. The zero-order valence-corrected chi connectivity index (χ0v) is 11.2. The standard InChI is InChI=1S/C14H28NO/c1-4-5-6-7-8-9-10-11-15(2,3)12-14-13-16-14/h9-10,14H,4-8,11-13H2,1-3H3/q+1/b10-9+. The topological polar surface area (TPSA) is 12.5 Å². The number of allylic oxidation sites excluding steroid dienone is 1. The number of quaternary nitrogens is 1. The molecule has 0 spiro atoms. The Balaban J connectivity index is 2.00. The molecule has 16 heavy (non-hydrogen) atoms. The highest BCUT2D eigenvalue weighted by atomic mass is 16.6. The number of nitrogens with zero attached hydrogens (tertiary/aromatic N) is 1. The summed E-state index contributed by atoms with van der Waals surface area (Å²) in [5, 5.41) is 0. The van der Waals surface area contributed by atoms with E-state index >= 15 is 0 Å². The molecule has 1 saturated heterocycles. The summed E-state index contributed by atoms with van der Waals surface area (Å²) in [4.78, 5) is 0. The van der Waals surface area contributed by atoms with Crippen LogP contribution in [0.2, 0.25) is 0 Å². The van der Waals surface area contributed by atoms with E-state index in [2.05, 4.69) is 33.2 Å². The predicted octanol–water partition coefficient (Wildman–Crippen LogP) is 2.99. The maximum Gasteiger partial charge on any atom is 0.130 e. The van der Waals surface area contributed by atoms with E-state index in [9.17, 15) is 0 Å². The lowest BCUT2D eigenvalue weighted by molar-refractivity contribution is -0.885. The van der Waals surface area contributed by atoms with Crippen LogP contribution in [0.1, 0.15) is 39.0 Å². The zero-order chi connectivity index (χ0) is 11.9. The third kappa shape index (κ3) is 7.02. The van der Waals surface area contributed by atoms with Gasteiger partial charge in [-0.2, -0.15) is 0 Å². The van der Waals surface area contributed by atoms with Gasteiger partial charge in [0.2, 0.25) is 0 Å². The Morgan fingerprint density at radius 2 is 1.94 bits per heavy atom. The molecule has 0 aromatic rings. The third-order valence-corrected chi connectivity index (χ3v) is 3.09. The first-order valence-electron chi connectivity index (χ1n) is 6.72. The molecule has 0 radical (unpaired) electrons. The van der Waals surface area contributed by atoms with Gasteiger partial charge < -0.3 is 9.22 Å². The van der Waals surface area contributed by atoms with Crippen LogP contribution in [-0.4, -0.2) is 44.4 Å². The minimum atomic E-state index is 0.535. The summed E-state index contributed by atoms with van der Waals surface area (Å²) in [6, 6.07) is 0. The van der Waals surface area contributed by atoms with E-state index in [1.807, 2.05) is 0 Å². The molecule has 1 unspecified atom stereocenters. The summed E-state index contributed by atoms with van der Waals surface area (Å²) in [6.45, 7) is 5.52. The second-order valence-corrected chi connectivity index (χ2v) is 5.58. The maximum atomic E-state index is 5.28. The van der Waals surface area contributed by atoms with Crippen LogP contribution in [0, 0.1) is 0 Å². The molecule has 0 aromatic carbocycles. The van der Waals surface area contributed by atoms with Crippen molar-refractivity contribution in [3.8, 4) is 0 Å². The molecular weight excluding hydrogens is 198 g/mol. The Kier molecular flexibility index (Phi) is 6.07. The summed E-state index contributed by atoms with van der Waals surface area (Å²) in [7, 11) is 4.56. The van der Waals surface area contributed by atoms with Gasteiger partial charge >= 0.3 is 0 Å². The highest BCUT2D eigenvalue weighted by molar-refractivity contribution is 4.82. The number of ether oxygens (including phenoxy) is 1. The average molecular weight is 226 g/mol. The van der Waals surface area contributed by atoms with Crippen molar-refractivity contribution in [3.63, 3.8) is 0 Å². The molecule has 1 aliphatic rings. The van der Waals surface area contributed by atoms with Crippen molar-refractivity contribution in [1.29, 1.82) is 0 Å². The van der Waals surface area contributed by atoms with E-state index in [0.29, 0.717) is 6.10 Å². The Morgan fingerprint density at radius 1 is 1.19 bits per heavy atom. The molecule has 94 valence electrons. The number of hydrogen-bond donors (Lipinski definition) is 0. The molecule has 2 heteroatoms. The van der Waals surface area contributed by atoms with E-state index in [1.54, 1.807) is 0 Å². The largest absolute Gasteiger partial charge is 0.367 e. The summed E-state index contributed by atoms with van der Waals surface area (Å²) in [5.41, 5.74) is 0. The maximum absolute atomic E-state index is 5.28. The van der Waals surface area contributed by atoms with E-state index in [0.717, 1.165) is 24.2 Å². The number of epoxide rings is 1. The fraction of sp³-hybridized carbons (Fsp3) is 0.857. The van der Waals surface area contributed by atoms with Crippen molar-refractivity contribution in [2.45, 2.75) is 45.1 Å². The molecule has 0 saturated carbocycles. The first-order chi connectivity index (χ1) is 7.64. The monoisotopic (exact) mass is 226 g/mol. The molecule has 1 fully saturated rings. The van der Waals surface area contributed by atoms with Crippen molar-refractivity contribution >= 4 is 0 Å².